The van der Waals surface area contributed by atoms with Crippen LogP contribution in [0.5, 0.6) is 0 Å². The standard InChI is InChI=1S/C9H7NOS2.Na/c11-9(12)5-8-10-6-3-1-2-4-7(6)13-8;/h1-4H,5H2,(H,11,12);/q;+1/p-1. The number of thiocarbonyl (C=S) groups is 1. The van der Waals surface area contributed by atoms with Gasteiger partial charge in [-0.3, -0.25) is 0 Å². The minimum absolute atomic E-state index is 0. The molecule has 1 aromatic heterocycles. The molecule has 0 N–H and O–H groups in total. The van der Waals surface area contributed by atoms with Crippen LogP contribution in [-0.4, -0.2) is 10.0 Å². The number of rotatable bonds is 2. The summed E-state index contributed by atoms with van der Waals surface area (Å²) in [5.41, 5.74) is 0.943. The molecule has 1 heterocycles. The molecular weight excluding hydrogens is 225 g/mol. The molecule has 2 rings (SSSR count). The van der Waals surface area contributed by atoms with Crippen LogP contribution in [0.25, 0.3) is 10.2 Å². The van der Waals surface area contributed by atoms with Gasteiger partial charge in [0.1, 0.15) is 0 Å². The summed E-state index contributed by atoms with van der Waals surface area (Å²) >= 11 is 6.02. The molecular formula is C9H6NNaOS2. The Morgan fingerprint density at radius 3 is 2.79 bits per heavy atom. The maximum Gasteiger partial charge on any atom is 1.00 e. The summed E-state index contributed by atoms with van der Waals surface area (Å²) < 4.78 is 1.11. The Bertz CT molecular complexity index is 422. The third kappa shape index (κ3) is 2.74. The molecule has 5 heteroatoms. The molecule has 2 nitrogen and oxygen atoms in total. The average Bonchev–Trinajstić information content (AvgIpc) is 2.44. The second-order valence-electron chi connectivity index (χ2n) is 2.62. The molecule has 66 valence electrons. The van der Waals surface area contributed by atoms with Crippen LogP contribution in [-0.2, 0) is 6.42 Å². The van der Waals surface area contributed by atoms with Crippen LogP contribution in [0.2, 0.25) is 0 Å². The zero-order valence-corrected chi connectivity index (χ0v) is 11.3. The van der Waals surface area contributed by atoms with Crippen molar-refractivity contribution < 1.29 is 34.7 Å². The summed E-state index contributed by atoms with van der Waals surface area (Å²) in [5, 5.41) is 11.2. The van der Waals surface area contributed by atoms with E-state index in [-0.39, 0.29) is 41.0 Å². The van der Waals surface area contributed by atoms with Gasteiger partial charge in [0.05, 0.1) is 15.2 Å². The van der Waals surface area contributed by atoms with Crippen molar-refractivity contribution in [1.82, 2.24) is 4.98 Å². The van der Waals surface area contributed by atoms with Gasteiger partial charge in [0, 0.05) is 6.42 Å². The summed E-state index contributed by atoms with van der Waals surface area (Å²) in [6, 6.07) is 7.81. The molecule has 0 saturated heterocycles. The number of hydrogen-bond donors (Lipinski definition) is 0. The first-order valence-electron chi connectivity index (χ1n) is 3.80. The summed E-state index contributed by atoms with van der Waals surface area (Å²) in [5.74, 6) is 0. The molecule has 1 aromatic carbocycles. The molecule has 0 fully saturated rings. The molecule has 0 bridgehead atoms. The van der Waals surface area contributed by atoms with Gasteiger partial charge in [0.25, 0.3) is 0 Å². The molecule has 0 unspecified atom stereocenters. The van der Waals surface area contributed by atoms with E-state index >= 15 is 0 Å². The number of fused-ring (bicyclic) bond motifs is 1. The largest absolute Gasteiger partial charge is 1.00 e. The van der Waals surface area contributed by atoms with E-state index in [2.05, 4.69) is 17.2 Å². The smallest absolute Gasteiger partial charge is 0.867 e. The number of thiazole rings is 1. The van der Waals surface area contributed by atoms with Crippen LogP contribution in [0.4, 0.5) is 0 Å². The fraction of sp³-hybridized carbons (Fsp3) is 0.111. The molecule has 0 spiro atoms. The van der Waals surface area contributed by atoms with E-state index in [4.69, 9.17) is 0 Å². The van der Waals surface area contributed by atoms with Crippen LogP contribution in [0, 0.1) is 0 Å². The van der Waals surface area contributed by atoms with E-state index in [1.807, 2.05) is 24.3 Å². The zero-order chi connectivity index (χ0) is 9.26. The number of nitrogens with zero attached hydrogens (tertiary/aromatic N) is 1. The first-order valence-corrected chi connectivity index (χ1v) is 5.02. The van der Waals surface area contributed by atoms with Gasteiger partial charge in [0.15, 0.2) is 0 Å². The topological polar surface area (TPSA) is 36.0 Å². The predicted octanol–water partition coefficient (Wildman–Crippen LogP) is -1.47. The summed E-state index contributed by atoms with van der Waals surface area (Å²) in [6.45, 7) is 0. The molecule has 0 amide bonds. The fourth-order valence-corrected chi connectivity index (χ4v) is 2.31. The number of hydrogen-bond acceptors (Lipinski definition) is 4. The van der Waals surface area contributed by atoms with Gasteiger partial charge in [-0.2, -0.15) is 0 Å². The van der Waals surface area contributed by atoms with Crippen molar-refractivity contribution in [3.63, 3.8) is 0 Å². The van der Waals surface area contributed by atoms with Crippen LogP contribution in [0.15, 0.2) is 24.3 Å². The monoisotopic (exact) mass is 231 g/mol. The Morgan fingerprint density at radius 1 is 1.43 bits per heavy atom. The normalized spacial score (nSPS) is 9.71. The van der Waals surface area contributed by atoms with Crippen LogP contribution >= 0.6 is 23.6 Å². The van der Waals surface area contributed by atoms with Gasteiger partial charge in [-0.25, -0.2) is 4.98 Å². The average molecular weight is 231 g/mol. The molecule has 0 radical (unpaired) electrons. The Kier molecular flexibility index (Phi) is 4.47. The van der Waals surface area contributed by atoms with Crippen molar-refractivity contribution in [2.24, 2.45) is 0 Å². The van der Waals surface area contributed by atoms with Crippen LogP contribution in [0.3, 0.4) is 0 Å². The van der Waals surface area contributed by atoms with E-state index in [1.165, 1.54) is 11.3 Å². The fourth-order valence-electron chi connectivity index (χ4n) is 1.12. The molecule has 14 heavy (non-hydrogen) atoms. The Balaban J connectivity index is 0.000000980. The SMILES string of the molecule is [Na+].[O-]C(=S)Cc1nc2ccccc2s1. The Labute approximate surface area is 113 Å². The van der Waals surface area contributed by atoms with Gasteiger partial charge in [0.2, 0.25) is 0 Å². The van der Waals surface area contributed by atoms with Crippen molar-refractivity contribution in [3.05, 3.63) is 29.3 Å². The molecule has 0 aliphatic carbocycles. The van der Waals surface area contributed by atoms with Gasteiger partial charge in [-0.1, -0.05) is 17.2 Å². The summed E-state index contributed by atoms with van der Waals surface area (Å²) in [7, 11) is 0. The Morgan fingerprint density at radius 2 is 2.14 bits per heavy atom. The molecule has 0 saturated carbocycles. The van der Waals surface area contributed by atoms with Crippen LogP contribution in [0.1, 0.15) is 5.01 Å². The van der Waals surface area contributed by atoms with Crippen molar-refractivity contribution >= 4 is 38.8 Å². The minimum atomic E-state index is -0.251. The first-order chi connectivity index (χ1) is 6.25. The molecule has 0 aliphatic rings. The van der Waals surface area contributed by atoms with Crippen molar-refractivity contribution in [3.8, 4) is 0 Å². The molecule has 2 aromatic rings. The van der Waals surface area contributed by atoms with E-state index in [0.29, 0.717) is 0 Å². The van der Waals surface area contributed by atoms with Crippen LogP contribution < -0.4 is 34.7 Å². The predicted molar refractivity (Wildman–Crippen MR) is 55.9 cm³/mol. The van der Waals surface area contributed by atoms with E-state index < -0.39 is 0 Å². The van der Waals surface area contributed by atoms with Gasteiger partial charge in [-0.05, 0) is 12.1 Å². The summed E-state index contributed by atoms with van der Waals surface area (Å²) in [6.07, 6.45) is 0.272. The first kappa shape index (κ1) is 12.1. The van der Waals surface area contributed by atoms with Crippen molar-refractivity contribution in [1.29, 1.82) is 0 Å². The Hall–Kier alpha value is 0.0000000000000000278. The summed E-state index contributed by atoms with van der Waals surface area (Å²) in [4.78, 5) is 4.28. The van der Waals surface area contributed by atoms with E-state index in [9.17, 15) is 5.11 Å². The van der Waals surface area contributed by atoms with E-state index in [0.717, 1.165) is 15.2 Å². The van der Waals surface area contributed by atoms with Gasteiger partial charge in [-0.15, -0.1) is 23.6 Å². The second kappa shape index (κ2) is 5.19. The second-order valence-corrected chi connectivity index (χ2v) is 4.19. The molecule has 0 atom stereocenters. The van der Waals surface area contributed by atoms with E-state index in [1.54, 1.807) is 0 Å². The zero-order valence-electron chi connectivity index (χ0n) is 7.69. The maximum atomic E-state index is 10.7. The maximum absolute atomic E-state index is 10.7. The third-order valence-corrected chi connectivity index (χ3v) is 2.81. The van der Waals surface area contributed by atoms with Crippen molar-refractivity contribution in [2.75, 3.05) is 0 Å². The number of para-hydroxylation sites is 1. The minimum Gasteiger partial charge on any atom is -0.867 e. The van der Waals surface area contributed by atoms with Gasteiger partial charge >= 0.3 is 29.6 Å². The number of benzene rings is 1. The third-order valence-electron chi connectivity index (χ3n) is 1.63. The number of aromatic nitrogens is 1. The quantitative estimate of drug-likeness (QED) is 0.468. The van der Waals surface area contributed by atoms with Gasteiger partial charge < -0.3 is 5.11 Å². The molecule has 0 aliphatic heterocycles. The van der Waals surface area contributed by atoms with Crippen molar-refractivity contribution in [2.45, 2.75) is 6.42 Å².